The predicted octanol–water partition coefficient (Wildman–Crippen LogP) is 2.42. The summed E-state index contributed by atoms with van der Waals surface area (Å²) >= 11 is 0. The normalized spacial score (nSPS) is 29.0. The number of hydrogen-bond donors (Lipinski definition) is 3. The molecule has 0 aromatic heterocycles. The molecule has 0 amide bonds. The first-order chi connectivity index (χ1) is 11.0. The molecule has 1 saturated carbocycles. The molecular formula is C17H22ClNO5. The molecule has 132 valence electrons. The largest absolute Gasteiger partial charge is 0.490 e. The molecule has 1 aliphatic heterocycles. The van der Waals surface area contributed by atoms with Crippen LogP contribution in [0.1, 0.15) is 36.0 Å². The van der Waals surface area contributed by atoms with Crippen LogP contribution in [-0.2, 0) is 4.79 Å². The Kier molecular flexibility index (Phi) is 6.07. The molecule has 24 heavy (non-hydrogen) atoms. The Morgan fingerprint density at radius 3 is 2.38 bits per heavy atom. The lowest BCUT2D eigenvalue weighted by Gasteiger charge is -2.41. The fourth-order valence-corrected chi connectivity index (χ4v) is 3.68. The zero-order chi connectivity index (χ0) is 16.4. The quantitative estimate of drug-likeness (QED) is 0.767. The average Bonchev–Trinajstić information content (AvgIpc) is 2.54. The SMILES string of the molecule is Cl.O=C(O)c1ccc(O[C@H]2CC[C@H]3CN[C@H](C(=O)O)C[C@H]3C2)cc1. The summed E-state index contributed by atoms with van der Waals surface area (Å²) in [5, 5.41) is 21.2. The molecule has 4 atom stereocenters. The van der Waals surface area contributed by atoms with Crippen LogP contribution in [0.15, 0.2) is 24.3 Å². The molecule has 2 aliphatic rings. The molecule has 0 bridgehead atoms. The number of aromatic carboxylic acids is 1. The molecule has 2 fully saturated rings. The highest BCUT2D eigenvalue weighted by atomic mass is 35.5. The number of ether oxygens (including phenoxy) is 1. The first kappa shape index (κ1) is 18.5. The fourth-order valence-electron chi connectivity index (χ4n) is 3.68. The van der Waals surface area contributed by atoms with Crippen molar-refractivity contribution in [3.05, 3.63) is 29.8 Å². The van der Waals surface area contributed by atoms with Gasteiger partial charge in [-0.25, -0.2) is 4.79 Å². The molecular weight excluding hydrogens is 334 g/mol. The molecule has 0 spiro atoms. The Bertz CT molecular complexity index is 591. The molecule has 7 heteroatoms. The monoisotopic (exact) mass is 355 g/mol. The van der Waals surface area contributed by atoms with E-state index in [9.17, 15) is 9.59 Å². The molecule has 1 heterocycles. The van der Waals surface area contributed by atoms with Gasteiger partial charge >= 0.3 is 11.9 Å². The standard InChI is InChI=1S/C17H21NO5.ClH/c19-16(20)10-1-4-13(5-2-10)23-14-6-3-11-9-18-15(17(21)22)8-12(11)7-14;/h1-2,4-5,11-12,14-15,18H,3,6-9H2,(H,19,20)(H,21,22);1H/t11-,12+,14-,15-;/m0./s1. The van der Waals surface area contributed by atoms with E-state index in [1.54, 1.807) is 12.1 Å². The number of carboxylic acid groups (broad SMARTS) is 2. The van der Waals surface area contributed by atoms with E-state index >= 15 is 0 Å². The van der Waals surface area contributed by atoms with Crippen LogP contribution in [0.4, 0.5) is 0 Å². The summed E-state index contributed by atoms with van der Waals surface area (Å²) in [5.74, 6) is -0.168. The van der Waals surface area contributed by atoms with E-state index in [-0.39, 0.29) is 24.1 Å². The fraction of sp³-hybridized carbons (Fsp3) is 0.529. The average molecular weight is 356 g/mol. The number of carboxylic acids is 2. The maximum absolute atomic E-state index is 11.1. The maximum Gasteiger partial charge on any atom is 0.335 e. The van der Waals surface area contributed by atoms with Gasteiger partial charge in [-0.15, -0.1) is 12.4 Å². The predicted molar refractivity (Wildman–Crippen MR) is 89.9 cm³/mol. The van der Waals surface area contributed by atoms with E-state index in [1.807, 2.05) is 0 Å². The second-order valence-electron chi connectivity index (χ2n) is 6.44. The van der Waals surface area contributed by atoms with Crippen molar-refractivity contribution in [2.75, 3.05) is 6.54 Å². The number of fused-ring (bicyclic) bond motifs is 1. The van der Waals surface area contributed by atoms with Crippen molar-refractivity contribution < 1.29 is 24.5 Å². The molecule has 1 aromatic rings. The van der Waals surface area contributed by atoms with Gasteiger partial charge in [0.1, 0.15) is 11.8 Å². The van der Waals surface area contributed by atoms with Crippen molar-refractivity contribution in [3.63, 3.8) is 0 Å². The molecule has 1 saturated heterocycles. The summed E-state index contributed by atoms with van der Waals surface area (Å²) in [7, 11) is 0. The van der Waals surface area contributed by atoms with Crippen LogP contribution in [0.25, 0.3) is 0 Å². The second-order valence-corrected chi connectivity index (χ2v) is 6.44. The van der Waals surface area contributed by atoms with Crippen LogP contribution in [0, 0.1) is 11.8 Å². The van der Waals surface area contributed by atoms with E-state index in [1.165, 1.54) is 12.1 Å². The van der Waals surface area contributed by atoms with E-state index in [0.29, 0.717) is 24.0 Å². The number of piperidine rings is 1. The number of halogens is 1. The summed E-state index contributed by atoms with van der Waals surface area (Å²) in [5.41, 5.74) is 0.240. The smallest absolute Gasteiger partial charge is 0.335 e. The molecule has 1 aromatic carbocycles. The highest BCUT2D eigenvalue weighted by Crippen LogP contribution is 2.37. The molecule has 0 radical (unpaired) electrons. The first-order valence-corrected chi connectivity index (χ1v) is 7.99. The van der Waals surface area contributed by atoms with Crippen LogP contribution in [0.5, 0.6) is 5.75 Å². The van der Waals surface area contributed by atoms with E-state index < -0.39 is 18.0 Å². The van der Waals surface area contributed by atoms with Gasteiger partial charge in [0, 0.05) is 0 Å². The van der Waals surface area contributed by atoms with Gasteiger partial charge in [0.15, 0.2) is 0 Å². The van der Waals surface area contributed by atoms with Gasteiger partial charge in [-0.2, -0.15) is 0 Å². The van der Waals surface area contributed by atoms with E-state index in [2.05, 4.69) is 5.32 Å². The lowest BCUT2D eigenvalue weighted by atomic mass is 9.72. The highest BCUT2D eigenvalue weighted by molar-refractivity contribution is 5.87. The third-order valence-corrected chi connectivity index (χ3v) is 4.96. The summed E-state index contributed by atoms with van der Waals surface area (Å²) in [6.07, 6.45) is 3.55. The Labute approximate surface area is 146 Å². The number of benzene rings is 1. The van der Waals surface area contributed by atoms with Crippen molar-refractivity contribution in [1.82, 2.24) is 5.32 Å². The van der Waals surface area contributed by atoms with Crippen molar-refractivity contribution in [2.45, 2.75) is 37.8 Å². The van der Waals surface area contributed by atoms with Crippen LogP contribution in [0.2, 0.25) is 0 Å². The van der Waals surface area contributed by atoms with Gasteiger partial charge in [-0.05, 0) is 68.3 Å². The molecule has 6 nitrogen and oxygen atoms in total. The Morgan fingerprint density at radius 1 is 1.04 bits per heavy atom. The Hall–Kier alpha value is -1.79. The minimum absolute atomic E-state index is 0. The second kappa shape index (κ2) is 7.85. The van der Waals surface area contributed by atoms with Gasteiger partial charge in [0.05, 0.1) is 11.7 Å². The van der Waals surface area contributed by atoms with Gasteiger partial charge in [-0.1, -0.05) is 0 Å². The Balaban J connectivity index is 0.00000208. The maximum atomic E-state index is 11.1. The number of nitrogens with one attached hydrogen (secondary N) is 1. The van der Waals surface area contributed by atoms with E-state index in [4.69, 9.17) is 14.9 Å². The number of carbonyl (C=O) groups is 2. The molecule has 0 unspecified atom stereocenters. The van der Waals surface area contributed by atoms with Gasteiger partial charge in [0.25, 0.3) is 0 Å². The van der Waals surface area contributed by atoms with Crippen molar-refractivity contribution >= 4 is 24.3 Å². The number of aliphatic carboxylic acids is 1. The van der Waals surface area contributed by atoms with E-state index in [0.717, 1.165) is 25.8 Å². The third kappa shape index (κ3) is 4.19. The first-order valence-electron chi connectivity index (χ1n) is 7.99. The summed E-state index contributed by atoms with van der Waals surface area (Å²) in [4.78, 5) is 22.0. The van der Waals surface area contributed by atoms with Crippen molar-refractivity contribution in [3.8, 4) is 5.75 Å². The number of hydrogen-bond acceptors (Lipinski definition) is 4. The zero-order valence-electron chi connectivity index (χ0n) is 13.2. The van der Waals surface area contributed by atoms with Crippen LogP contribution in [-0.4, -0.2) is 40.8 Å². The topological polar surface area (TPSA) is 95.9 Å². The third-order valence-electron chi connectivity index (χ3n) is 4.96. The minimum atomic E-state index is -0.952. The summed E-state index contributed by atoms with van der Waals surface area (Å²) in [6.45, 7) is 0.766. The molecule has 1 aliphatic carbocycles. The summed E-state index contributed by atoms with van der Waals surface area (Å²) in [6, 6.07) is 5.98. The molecule has 3 N–H and O–H groups in total. The van der Waals surface area contributed by atoms with Gasteiger partial charge in [0.2, 0.25) is 0 Å². The molecule has 3 rings (SSSR count). The summed E-state index contributed by atoms with van der Waals surface area (Å²) < 4.78 is 5.97. The minimum Gasteiger partial charge on any atom is -0.490 e. The van der Waals surface area contributed by atoms with Crippen molar-refractivity contribution in [2.24, 2.45) is 11.8 Å². The number of rotatable bonds is 4. The van der Waals surface area contributed by atoms with Crippen LogP contribution >= 0.6 is 12.4 Å². The van der Waals surface area contributed by atoms with Crippen molar-refractivity contribution in [1.29, 1.82) is 0 Å². The lowest BCUT2D eigenvalue weighted by Crippen LogP contribution is -2.50. The van der Waals surface area contributed by atoms with Gasteiger partial charge < -0.3 is 20.3 Å². The highest BCUT2D eigenvalue weighted by Gasteiger charge is 2.38. The van der Waals surface area contributed by atoms with Gasteiger partial charge in [-0.3, -0.25) is 4.79 Å². The zero-order valence-corrected chi connectivity index (χ0v) is 14.0. The Morgan fingerprint density at radius 2 is 1.75 bits per heavy atom. The van der Waals surface area contributed by atoms with Crippen LogP contribution in [0.3, 0.4) is 0 Å². The lowest BCUT2D eigenvalue weighted by molar-refractivity contribution is -0.141. The van der Waals surface area contributed by atoms with Crippen LogP contribution < -0.4 is 10.1 Å².